The average Bonchev–Trinajstić information content (AvgIpc) is 2.44. The lowest BCUT2D eigenvalue weighted by molar-refractivity contribution is -0.119. The van der Waals surface area contributed by atoms with Crippen molar-refractivity contribution in [2.45, 2.75) is 39.7 Å². The van der Waals surface area contributed by atoms with Gasteiger partial charge in [0.05, 0.1) is 18.2 Å². The number of hydrogen-bond acceptors (Lipinski definition) is 4. The molecule has 1 atom stereocenters. The summed E-state index contributed by atoms with van der Waals surface area (Å²) in [5.74, 6) is 0.0845. The van der Waals surface area contributed by atoms with Crippen molar-refractivity contribution in [3.63, 3.8) is 0 Å². The molecule has 78 valence electrons. The molecule has 2 N–H and O–H groups in total. The fourth-order valence-corrected chi connectivity index (χ4v) is 2.07. The van der Waals surface area contributed by atoms with E-state index in [1.807, 2.05) is 20.8 Å². The van der Waals surface area contributed by atoms with Crippen LogP contribution in [-0.4, -0.2) is 16.8 Å². The summed E-state index contributed by atoms with van der Waals surface area (Å²) < 4.78 is 0. The van der Waals surface area contributed by atoms with E-state index in [4.69, 9.17) is 5.73 Å². The van der Waals surface area contributed by atoms with Crippen molar-refractivity contribution in [3.8, 4) is 0 Å². The third kappa shape index (κ3) is 2.62. The number of rotatable bonds is 4. The van der Waals surface area contributed by atoms with Gasteiger partial charge in [0.25, 0.3) is 0 Å². The zero-order valence-corrected chi connectivity index (χ0v) is 9.65. The van der Waals surface area contributed by atoms with Crippen LogP contribution in [0.4, 0.5) is 0 Å². The number of ketones is 1. The minimum Gasteiger partial charge on any atom is -0.322 e. The van der Waals surface area contributed by atoms with Gasteiger partial charge in [0.15, 0.2) is 5.78 Å². The summed E-state index contributed by atoms with van der Waals surface area (Å²) in [6.45, 7) is 5.89. The van der Waals surface area contributed by atoms with Crippen LogP contribution in [0, 0.1) is 13.8 Å². The highest BCUT2D eigenvalue weighted by Gasteiger charge is 2.14. The van der Waals surface area contributed by atoms with Crippen LogP contribution in [0.5, 0.6) is 0 Å². The Morgan fingerprint density at radius 2 is 2.21 bits per heavy atom. The summed E-state index contributed by atoms with van der Waals surface area (Å²) in [5.41, 5.74) is 6.65. The Bertz CT molecular complexity index is 313. The SMILES string of the molecule is CCC(N)C(=O)Cc1nc(C)c(C)s1. The Hall–Kier alpha value is -0.740. The molecule has 0 fully saturated rings. The molecule has 0 saturated heterocycles. The molecule has 0 saturated carbocycles. The highest BCUT2D eigenvalue weighted by Crippen LogP contribution is 2.17. The first-order chi connectivity index (χ1) is 6.54. The number of aromatic nitrogens is 1. The zero-order valence-electron chi connectivity index (χ0n) is 8.83. The van der Waals surface area contributed by atoms with Crippen LogP contribution in [0.15, 0.2) is 0 Å². The van der Waals surface area contributed by atoms with Crippen LogP contribution >= 0.6 is 11.3 Å². The van der Waals surface area contributed by atoms with E-state index in [2.05, 4.69) is 4.98 Å². The molecule has 0 amide bonds. The monoisotopic (exact) mass is 212 g/mol. The number of hydrogen-bond donors (Lipinski definition) is 1. The molecule has 0 aliphatic carbocycles. The third-order valence-corrected chi connectivity index (χ3v) is 3.32. The number of carbonyl (C=O) groups excluding carboxylic acids is 1. The number of thiazole rings is 1. The summed E-state index contributed by atoms with van der Waals surface area (Å²) in [4.78, 5) is 17.0. The average molecular weight is 212 g/mol. The summed E-state index contributed by atoms with van der Waals surface area (Å²) in [7, 11) is 0. The lowest BCUT2D eigenvalue weighted by atomic mass is 10.1. The summed E-state index contributed by atoms with van der Waals surface area (Å²) in [5, 5.41) is 0.883. The van der Waals surface area contributed by atoms with Crippen molar-refractivity contribution in [1.82, 2.24) is 4.98 Å². The Labute approximate surface area is 88.3 Å². The van der Waals surface area contributed by atoms with Crippen molar-refractivity contribution in [3.05, 3.63) is 15.6 Å². The second kappa shape index (κ2) is 4.66. The van der Waals surface area contributed by atoms with Crippen LogP contribution < -0.4 is 5.73 Å². The smallest absolute Gasteiger partial charge is 0.156 e. The first kappa shape index (κ1) is 11.3. The molecule has 1 aromatic heterocycles. The Balaban J connectivity index is 2.65. The second-order valence-corrected chi connectivity index (χ2v) is 4.69. The Morgan fingerprint density at radius 1 is 1.57 bits per heavy atom. The van der Waals surface area contributed by atoms with E-state index in [-0.39, 0.29) is 11.8 Å². The first-order valence-electron chi connectivity index (χ1n) is 4.75. The van der Waals surface area contributed by atoms with Crippen molar-refractivity contribution in [1.29, 1.82) is 0 Å². The molecule has 14 heavy (non-hydrogen) atoms. The number of nitrogens with two attached hydrogens (primary N) is 1. The van der Waals surface area contributed by atoms with Crippen LogP contribution in [-0.2, 0) is 11.2 Å². The van der Waals surface area contributed by atoms with E-state index >= 15 is 0 Å². The Morgan fingerprint density at radius 3 is 2.64 bits per heavy atom. The molecule has 4 heteroatoms. The van der Waals surface area contributed by atoms with E-state index in [9.17, 15) is 4.79 Å². The fraction of sp³-hybridized carbons (Fsp3) is 0.600. The van der Waals surface area contributed by atoms with Gasteiger partial charge >= 0.3 is 0 Å². The largest absolute Gasteiger partial charge is 0.322 e. The van der Waals surface area contributed by atoms with Gasteiger partial charge in [-0.15, -0.1) is 11.3 Å². The number of aryl methyl sites for hydroxylation is 2. The van der Waals surface area contributed by atoms with Gasteiger partial charge in [-0.25, -0.2) is 4.98 Å². The summed E-state index contributed by atoms with van der Waals surface area (Å²) >= 11 is 1.58. The molecule has 0 spiro atoms. The Kier molecular flexibility index (Phi) is 3.77. The number of nitrogens with zero attached hydrogens (tertiary/aromatic N) is 1. The zero-order chi connectivity index (χ0) is 10.7. The van der Waals surface area contributed by atoms with Gasteiger partial charge in [0.2, 0.25) is 0 Å². The van der Waals surface area contributed by atoms with E-state index in [1.165, 1.54) is 4.88 Å². The van der Waals surface area contributed by atoms with Crippen LogP contribution in [0.1, 0.15) is 28.9 Å². The van der Waals surface area contributed by atoms with E-state index in [1.54, 1.807) is 11.3 Å². The minimum absolute atomic E-state index is 0.0845. The molecular formula is C10H16N2OS. The molecule has 1 rings (SSSR count). The van der Waals surface area contributed by atoms with Crippen LogP contribution in [0.2, 0.25) is 0 Å². The molecule has 1 aromatic rings. The molecule has 0 aliphatic rings. The van der Waals surface area contributed by atoms with E-state index in [0.29, 0.717) is 12.8 Å². The molecule has 1 heterocycles. The lowest BCUT2D eigenvalue weighted by Crippen LogP contribution is -2.30. The highest BCUT2D eigenvalue weighted by atomic mass is 32.1. The third-order valence-electron chi connectivity index (χ3n) is 2.25. The molecule has 0 aliphatic heterocycles. The van der Waals surface area contributed by atoms with Crippen molar-refractivity contribution < 1.29 is 4.79 Å². The molecule has 0 radical (unpaired) electrons. The maximum Gasteiger partial charge on any atom is 0.156 e. The van der Waals surface area contributed by atoms with Gasteiger partial charge in [-0.2, -0.15) is 0 Å². The number of Topliss-reactive ketones (excluding diaryl/α,β-unsaturated/α-hetero) is 1. The molecule has 1 unspecified atom stereocenters. The standard InChI is InChI=1S/C10H16N2OS/c1-4-8(11)9(13)5-10-12-6(2)7(3)14-10/h8H,4-5,11H2,1-3H3. The van der Waals surface area contributed by atoms with Gasteiger partial charge < -0.3 is 5.73 Å². The normalized spacial score (nSPS) is 12.9. The summed E-state index contributed by atoms with van der Waals surface area (Å²) in [6.07, 6.45) is 1.08. The van der Waals surface area contributed by atoms with Gasteiger partial charge in [0.1, 0.15) is 5.01 Å². The van der Waals surface area contributed by atoms with Crippen molar-refractivity contribution in [2.24, 2.45) is 5.73 Å². The predicted octanol–water partition coefficient (Wildman–Crippen LogP) is 1.61. The fourth-order valence-electron chi connectivity index (χ4n) is 1.12. The van der Waals surface area contributed by atoms with Gasteiger partial charge in [-0.05, 0) is 20.3 Å². The van der Waals surface area contributed by atoms with E-state index < -0.39 is 0 Å². The lowest BCUT2D eigenvalue weighted by Gasteiger charge is -2.04. The first-order valence-corrected chi connectivity index (χ1v) is 5.57. The topological polar surface area (TPSA) is 56.0 Å². The summed E-state index contributed by atoms with van der Waals surface area (Å²) in [6, 6.07) is -0.334. The van der Waals surface area contributed by atoms with Crippen LogP contribution in [0.3, 0.4) is 0 Å². The van der Waals surface area contributed by atoms with Crippen molar-refractivity contribution >= 4 is 17.1 Å². The molecule has 0 aromatic carbocycles. The van der Waals surface area contributed by atoms with E-state index in [0.717, 1.165) is 10.7 Å². The quantitative estimate of drug-likeness (QED) is 0.825. The molecular weight excluding hydrogens is 196 g/mol. The molecule has 3 nitrogen and oxygen atoms in total. The molecule has 0 bridgehead atoms. The second-order valence-electron chi connectivity index (χ2n) is 3.41. The maximum absolute atomic E-state index is 11.5. The maximum atomic E-state index is 11.5. The van der Waals surface area contributed by atoms with Gasteiger partial charge in [-0.1, -0.05) is 6.92 Å². The highest BCUT2D eigenvalue weighted by molar-refractivity contribution is 7.11. The predicted molar refractivity (Wildman–Crippen MR) is 58.6 cm³/mol. The van der Waals surface area contributed by atoms with Crippen LogP contribution in [0.25, 0.3) is 0 Å². The van der Waals surface area contributed by atoms with Crippen molar-refractivity contribution in [2.75, 3.05) is 0 Å². The minimum atomic E-state index is -0.334. The van der Waals surface area contributed by atoms with Gasteiger partial charge in [0, 0.05) is 4.88 Å². The number of carbonyl (C=O) groups is 1. The van der Waals surface area contributed by atoms with Gasteiger partial charge in [-0.3, -0.25) is 4.79 Å².